The van der Waals surface area contributed by atoms with Crippen LogP contribution in [-0.2, 0) is 11.2 Å². The highest BCUT2D eigenvalue weighted by Gasteiger charge is 2.32. The number of aryl methyl sites for hydroxylation is 1. The summed E-state index contributed by atoms with van der Waals surface area (Å²) in [5, 5.41) is 13.6. The van der Waals surface area contributed by atoms with Crippen LogP contribution in [0.25, 0.3) is 6.08 Å². The van der Waals surface area contributed by atoms with E-state index in [2.05, 4.69) is 12.2 Å². The zero-order valence-electron chi connectivity index (χ0n) is 14.7. The average Bonchev–Trinajstić information content (AvgIpc) is 2.92. The highest BCUT2D eigenvalue weighted by Crippen LogP contribution is 2.32. The molecule has 134 valence electrons. The number of nitrogens with zero attached hydrogens (tertiary/aromatic N) is 1. The molecule has 2 aromatic rings. The number of para-hydroxylation sites is 1. The Morgan fingerprint density at radius 2 is 2.00 bits per heavy atom. The lowest BCUT2D eigenvalue weighted by Gasteiger charge is -2.14. The number of amides is 1. The summed E-state index contributed by atoms with van der Waals surface area (Å²) in [5.41, 5.74) is 2.64. The molecule has 0 saturated carbocycles. The first kappa shape index (κ1) is 17.9. The summed E-state index contributed by atoms with van der Waals surface area (Å²) in [6, 6.07) is 12.9. The maximum atomic E-state index is 12.8. The van der Waals surface area contributed by atoms with E-state index in [4.69, 9.17) is 17.0 Å². The van der Waals surface area contributed by atoms with E-state index in [1.807, 2.05) is 31.2 Å². The topological polar surface area (TPSA) is 61.8 Å². The fraction of sp³-hybridized carbons (Fsp3) is 0.200. The standard InChI is InChI=1S/C20H20N2O3S/c1-3-13-7-5-9-15(11-13)22-19(24)16(21-20(22)26)12-14-8-6-10-17(18(14)23)25-4-2/h5-12,23H,3-4H2,1-2H3,(H,21,26). The molecule has 1 aliphatic rings. The number of phenolic OH excluding ortho intramolecular Hbond substituents is 1. The van der Waals surface area contributed by atoms with Crippen molar-refractivity contribution in [3.8, 4) is 11.5 Å². The molecule has 0 spiro atoms. The number of aromatic hydroxyl groups is 1. The van der Waals surface area contributed by atoms with Crippen molar-refractivity contribution in [2.24, 2.45) is 0 Å². The summed E-state index contributed by atoms with van der Waals surface area (Å²) in [4.78, 5) is 14.3. The van der Waals surface area contributed by atoms with Crippen LogP contribution in [0.2, 0.25) is 0 Å². The highest BCUT2D eigenvalue weighted by atomic mass is 32.1. The molecule has 26 heavy (non-hydrogen) atoms. The van der Waals surface area contributed by atoms with Gasteiger partial charge in [0.15, 0.2) is 16.6 Å². The minimum absolute atomic E-state index is 0.00574. The molecule has 1 aliphatic heterocycles. The minimum atomic E-state index is -0.260. The predicted molar refractivity (Wildman–Crippen MR) is 106 cm³/mol. The van der Waals surface area contributed by atoms with Gasteiger partial charge in [0.05, 0.1) is 12.3 Å². The summed E-state index contributed by atoms with van der Waals surface area (Å²) >= 11 is 5.34. The third-order valence-corrected chi connectivity index (χ3v) is 4.37. The first-order valence-electron chi connectivity index (χ1n) is 8.46. The van der Waals surface area contributed by atoms with Crippen LogP contribution in [-0.4, -0.2) is 22.7 Å². The summed E-state index contributed by atoms with van der Waals surface area (Å²) < 4.78 is 5.38. The Hall–Kier alpha value is -2.86. The molecular weight excluding hydrogens is 348 g/mol. The first-order chi connectivity index (χ1) is 12.5. The van der Waals surface area contributed by atoms with Crippen LogP contribution in [0, 0.1) is 0 Å². The molecule has 1 heterocycles. The molecule has 0 bridgehead atoms. The van der Waals surface area contributed by atoms with Crippen molar-refractivity contribution in [3.63, 3.8) is 0 Å². The van der Waals surface area contributed by atoms with Crippen LogP contribution in [0.5, 0.6) is 11.5 Å². The maximum Gasteiger partial charge on any atom is 0.281 e. The number of rotatable bonds is 5. The lowest BCUT2D eigenvalue weighted by atomic mass is 10.1. The van der Waals surface area contributed by atoms with Gasteiger partial charge in [-0.25, -0.2) is 0 Å². The Morgan fingerprint density at radius 3 is 2.73 bits per heavy atom. The van der Waals surface area contributed by atoms with Gasteiger partial charge < -0.3 is 15.2 Å². The van der Waals surface area contributed by atoms with Gasteiger partial charge in [-0.15, -0.1) is 0 Å². The van der Waals surface area contributed by atoms with Crippen molar-refractivity contribution in [1.29, 1.82) is 0 Å². The van der Waals surface area contributed by atoms with Crippen LogP contribution >= 0.6 is 12.2 Å². The molecule has 2 N–H and O–H groups in total. The molecule has 3 rings (SSSR count). The van der Waals surface area contributed by atoms with Crippen molar-refractivity contribution in [2.75, 3.05) is 11.5 Å². The van der Waals surface area contributed by atoms with Crippen LogP contribution in [0.1, 0.15) is 25.0 Å². The van der Waals surface area contributed by atoms with Gasteiger partial charge in [-0.2, -0.15) is 0 Å². The van der Waals surface area contributed by atoms with E-state index in [9.17, 15) is 9.90 Å². The third-order valence-electron chi connectivity index (χ3n) is 4.09. The van der Waals surface area contributed by atoms with Gasteiger partial charge in [-0.05, 0) is 55.4 Å². The van der Waals surface area contributed by atoms with Gasteiger partial charge in [0.2, 0.25) is 0 Å². The molecule has 5 nitrogen and oxygen atoms in total. The highest BCUT2D eigenvalue weighted by molar-refractivity contribution is 7.80. The predicted octanol–water partition coefficient (Wildman–Crippen LogP) is 3.62. The summed E-state index contributed by atoms with van der Waals surface area (Å²) in [7, 11) is 0. The molecule has 0 aliphatic carbocycles. The Balaban J connectivity index is 1.94. The molecule has 1 saturated heterocycles. The number of anilines is 1. The normalized spacial score (nSPS) is 15.5. The van der Waals surface area contributed by atoms with E-state index >= 15 is 0 Å². The van der Waals surface area contributed by atoms with Crippen LogP contribution < -0.4 is 15.0 Å². The number of hydrogen-bond donors (Lipinski definition) is 2. The smallest absolute Gasteiger partial charge is 0.281 e. The Labute approximate surface area is 157 Å². The number of carbonyl (C=O) groups is 1. The number of nitrogens with one attached hydrogen (secondary N) is 1. The SMILES string of the molecule is CCOc1cccc(C=C2NC(=S)N(c3cccc(CC)c3)C2=O)c1O. The molecule has 1 fully saturated rings. The van der Waals surface area contributed by atoms with Gasteiger partial charge in [0, 0.05) is 5.56 Å². The first-order valence-corrected chi connectivity index (χ1v) is 8.86. The molecule has 6 heteroatoms. The largest absolute Gasteiger partial charge is 0.504 e. The zero-order valence-corrected chi connectivity index (χ0v) is 15.5. The van der Waals surface area contributed by atoms with Crippen molar-refractivity contribution in [2.45, 2.75) is 20.3 Å². The minimum Gasteiger partial charge on any atom is -0.504 e. The monoisotopic (exact) mass is 368 g/mol. The summed E-state index contributed by atoms with van der Waals surface area (Å²) in [6.07, 6.45) is 2.45. The molecule has 0 atom stereocenters. The number of phenols is 1. The van der Waals surface area contributed by atoms with Crippen LogP contribution in [0.3, 0.4) is 0 Å². The number of hydrogen-bond acceptors (Lipinski definition) is 4. The Bertz CT molecular complexity index is 892. The van der Waals surface area contributed by atoms with Crippen molar-refractivity contribution < 1.29 is 14.6 Å². The molecule has 2 aromatic carbocycles. The average molecular weight is 368 g/mol. The van der Waals surface area contributed by atoms with E-state index in [1.54, 1.807) is 24.3 Å². The molecule has 1 amide bonds. The van der Waals surface area contributed by atoms with E-state index < -0.39 is 0 Å². The van der Waals surface area contributed by atoms with Crippen LogP contribution in [0.4, 0.5) is 5.69 Å². The number of ether oxygens (including phenoxy) is 1. The van der Waals surface area contributed by atoms with Crippen LogP contribution in [0.15, 0.2) is 48.2 Å². The van der Waals surface area contributed by atoms with E-state index in [0.29, 0.717) is 28.7 Å². The molecule has 0 aromatic heterocycles. The quantitative estimate of drug-likeness (QED) is 0.624. The maximum absolute atomic E-state index is 12.8. The molecular formula is C20H20N2O3S. The second-order valence-electron chi connectivity index (χ2n) is 5.78. The molecule has 0 unspecified atom stereocenters. The second kappa shape index (κ2) is 7.58. The summed E-state index contributed by atoms with van der Waals surface area (Å²) in [6.45, 7) is 4.34. The van der Waals surface area contributed by atoms with E-state index in [-0.39, 0.29) is 11.7 Å². The Kier molecular flexibility index (Phi) is 5.23. The van der Waals surface area contributed by atoms with Gasteiger partial charge in [0.1, 0.15) is 5.70 Å². The van der Waals surface area contributed by atoms with Crippen molar-refractivity contribution in [1.82, 2.24) is 5.32 Å². The van der Waals surface area contributed by atoms with Crippen molar-refractivity contribution in [3.05, 3.63) is 59.3 Å². The fourth-order valence-electron chi connectivity index (χ4n) is 2.77. The van der Waals surface area contributed by atoms with E-state index in [0.717, 1.165) is 17.7 Å². The third kappa shape index (κ3) is 3.41. The fourth-order valence-corrected chi connectivity index (χ4v) is 3.07. The Morgan fingerprint density at radius 1 is 1.23 bits per heavy atom. The van der Waals surface area contributed by atoms with Gasteiger partial charge >= 0.3 is 0 Å². The number of thiocarbonyl (C=S) groups is 1. The lowest BCUT2D eigenvalue weighted by Crippen LogP contribution is -2.30. The lowest BCUT2D eigenvalue weighted by molar-refractivity contribution is -0.113. The number of benzene rings is 2. The van der Waals surface area contributed by atoms with Gasteiger partial charge in [0.25, 0.3) is 5.91 Å². The van der Waals surface area contributed by atoms with Crippen molar-refractivity contribution >= 4 is 35.0 Å². The zero-order chi connectivity index (χ0) is 18.7. The molecule has 0 radical (unpaired) electrons. The van der Waals surface area contributed by atoms with Gasteiger partial charge in [-0.1, -0.05) is 31.2 Å². The van der Waals surface area contributed by atoms with Gasteiger partial charge in [-0.3, -0.25) is 9.69 Å². The van der Waals surface area contributed by atoms with E-state index in [1.165, 1.54) is 4.90 Å². The summed E-state index contributed by atoms with van der Waals surface area (Å²) in [5.74, 6) is 0.112. The number of carbonyl (C=O) groups excluding carboxylic acids is 1. The second-order valence-corrected chi connectivity index (χ2v) is 6.17.